The average molecular weight is 244 g/mol. The number of hydrogen-bond donors (Lipinski definition) is 0. The molecule has 3 rings (SSSR count). The molecule has 0 N–H and O–H groups in total. The lowest BCUT2D eigenvalue weighted by Gasteiger charge is -2.38. The van der Waals surface area contributed by atoms with Gasteiger partial charge in [-0.1, -0.05) is 25.5 Å². The lowest BCUT2D eigenvalue weighted by Crippen LogP contribution is -2.51. The monoisotopic (exact) mass is 244 g/mol. The zero-order valence-corrected chi connectivity index (χ0v) is 10.1. The van der Waals surface area contributed by atoms with E-state index in [1.54, 1.807) is 0 Å². The highest BCUT2D eigenvalue weighted by Crippen LogP contribution is 2.49. The van der Waals surface area contributed by atoms with Crippen molar-refractivity contribution < 1.29 is 17.3 Å². The first kappa shape index (κ1) is 10.7. The minimum absolute atomic E-state index is 0.0243. The molecule has 0 amide bonds. The molecule has 4 atom stereocenters. The Balaban J connectivity index is 1.95. The van der Waals surface area contributed by atoms with Gasteiger partial charge in [0.2, 0.25) is 0 Å². The number of rotatable bonds is 2. The molecule has 0 aromatic rings. The molecule has 2 bridgehead atoms. The Labute approximate surface area is 95.7 Å². The molecular weight excluding hydrogens is 228 g/mol. The summed E-state index contributed by atoms with van der Waals surface area (Å²) in [6.07, 6.45) is 6.62. The van der Waals surface area contributed by atoms with Crippen molar-refractivity contribution in [1.29, 1.82) is 0 Å². The number of ether oxygens (including phenoxy) is 1. The van der Waals surface area contributed by atoms with Gasteiger partial charge in [-0.2, -0.15) is 8.42 Å². The molecule has 4 nitrogen and oxygen atoms in total. The van der Waals surface area contributed by atoms with Gasteiger partial charge in [0.15, 0.2) is 0 Å². The van der Waals surface area contributed by atoms with Crippen LogP contribution in [-0.2, 0) is 19.0 Å². The summed E-state index contributed by atoms with van der Waals surface area (Å²) in [4.78, 5) is 0. The van der Waals surface area contributed by atoms with Crippen molar-refractivity contribution >= 4 is 10.1 Å². The van der Waals surface area contributed by atoms with Crippen LogP contribution in [0.15, 0.2) is 12.2 Å². The molecule has 0 unspecified atom stereocenters. The van der Waals surface area contributed by atoms with Crippen molar-refractivity contribution in [2.24, 2.45) is 0 Å². The molecule has 16 heavy (non-hydrogen) atoms. The first-order valence-electron chi connectivity index (χ1n) is 5.85. The summed E-state index contributed by atoms with van der Waals surface area (Å²) in [6, 6.07) is 0. The van der Waals surface area contributed by atoms with Crippen molar-refractivity contribution in [3.05, 3.63) is 12.2 Å². The fraction of sp³-hybridized carbons (Fsp3) is 0.818. The van der Waals surface area contributed by atoms with Crippen molar-refractivity contribution in [1.82, 2.24) is 0 Å². The van der Waals surface area contributed by atoms with Crippen LogP contribution in [0, 0.1) is 0 Å². The SMILES string of the molecule is CCC[C@H]1C[C@@]23C=C[C@@H](C[C@@H]2S(=O)(=O)O1)O3. The molecule has 2 fully saturated rings. The van der Waals surface area contributed by atoms with Gasteiger partial charge in [-0.3, -0.25) is 4.18 Å². The Morgan fingerprint density at radius 1 is 1.50 bits per heavy atom. The van der Waals surface area contributed by atoms with Crippen molar-refractivity contribution in [3.63, 3.8) is 0 Å². The maximum atomic E-state index is 12.0. The van der Waals surface area contributed by atoms with Gasteiger partial charge < -0.3 is 4.74 Å². The summed E-state index contributed by atoms with van der Waals surface area (Å²) >= 11 is 0. The molecule has 1 spiro atoms. The van der Waals surface area contributed by atoms with Crippen LogP contribution >= 0.6 is 0 Å². The first-order chi connectivity index (χ1) is 7.56. The molecule has 0 aliphatic carbocycles. The fourth-order valence-electron chi connectivity index (χ4n) is 3.08. The van der Waals surface area contributed by atoms with Gasteiger partial charge >= 0.3 is 0 Å². The van der Waals surface area contributed by atoms with Crippen LogP contribution in [0.3, 0.4) is 0 Å². The van der Waals surface area contributed by atoms with E-state index in [9.17, 15) is 8.42 Å². The molecule has 3 aliphatic heterocycles. The third-order valence-corrected chi connectivity index (χ3v) is 5.56. The van der Waals surface area contributed by atoms with Crippen LogP contribution < -0.4 is 0 Å². The van der Waals surface area contributed by atoms with E-state index in [1.165, 1.54) is 0 Å². The van der Waals surface area contributed by atoms with Crippen LogP contribution in [0.1, 0.15) is 32.6 Å². The van der Waals surface area contributed by atoms with Gasteiger partial charge in [-0.05, 0) is 12.8 Å². The van der Waals surface area contributed by atoms with Gasteiger partial charge in [0.05, 0.1) is 12.2 Å². The van der Waals surface area contributed by atoms with Crippen molar-refractivity contribution in [2.45, 2.75) is 55.7 Å². The van der Waals surface area contributed by atoms with Crippen LogP contribution in [0.25, 0.3) is 0 Å². The Kier molecular flexibility index (Phi) is 2.22. The fourth-order valence-corrected chi connectivity index (χ4v) is 4.90. The van der Waals surface area contributed by atoms with Crippen molar-refractivity contribution in [3.8, 4) is 0 Å². The minimum Gasteiger partial charge on any atom is -0.362 e. The molecule has 2 saturated heterocycles. The summed E-state index contributed by atoms with van der Waals surface area (Å²) < 4.78 is 35.0. The van der Waals surface area contributed by atoms with Crippen LogP contribution in [0.2, 0.25) is 0 Å². The van der Waals surface area contributed by atoms with E-state index >= 15 is 0 Å². The normalized spacial score (nSPS) is 48.2. The van der Waals surface area contributed by atoms with E-state index in [-0.39, 0.29) is 12.2 Å². The second-order valence-corrected chi connectivity index (χ2v) is 6.65. The number of fused-ring (bicyclic) bond motifs is 1. The minimum atomic E-state index is -3.45. The maximum Gasteiger partial charge on any atom is 0.273 e. The summed E-state index contributed by atoms with van der Waals surface area (Å²) in [5.41, 5.74) is -0.582. The molecule has 0 saturated carbocycles. The van der Waals surface area contributed by atoms with Gasteiger partial charge in [-0.25, -0.2) is 0 Å². The highest BCUT2D eigenvalue weighted by molar-refractivity contribution is 7.87. The molecule has 3 heterocycles. The van der Waals surface area contributed by atoms with Gasteiger partial charge in [0, 0.05) is 6.42 Å². The van der Waals surface area contributed by atoms with Crippen molar-refractivity contribution in [2.75, 3.05) is 0 Å². The predicted octanol–water partition coefficient (Wildman–Crippen LogP) is 1.37. The van der Waals surface area contributed by atoms with E-state index in [1.807, 2.05) is 19.1 Å². The summed E-state index contributed by atoms with van der Waals surface area (Å²) in [7, 11) is -3.45. The summed E-state index contributed by atoms with van der Waals surface area (Å²) in [5, 5.41) is -0.483. The topological polar surface area (TPSA) is 52.6 Å². The van der Waals surface area contributed by atoms with E-state index < -0.39 is 21.0 Å². The zero-order valence-electron chi connectivity index (χ0n) is 9.26. The quantitative estimate of drug-likeness (QED) is 0.544. The Morgan fingerprint density at radius 2 is 2.31 bits per heavy atom. The molecule has 0 radical (unpaired) electrons. The lowest BCUT2D eigenvalue weighted by atomic mass is 9.87. The second kappa shape index (κ2) is 3.31. The second-order valence-electron chi connectivity index (χ2n) is 4.90. The molecular formula is C11H16O4S. The number of hydrogen-bond acceptors (Lipinski definition) is 4. The molecule has 90 valence electrons. The van der Waals surface area contributed by atoms with Gasteiger partial charge in [0.1, 0.15) is 10.9 Å². The molecule has 5 heteroatoms. The first-order valence-corrected chi connectivity index (χ1v) is 7.32. The van der Waals surface area contributed by atoms with Crippen LogP contribution in [-0.4, -0.2) is 31.5 Å². The molecule has 3 aliphatic rings. The summed E-state index contributed by atoms with van der Waals surface area (Å²) in [5.74, 6) is 0. The average Bonchev–Trinajstić information content (AvgIpc) is 2.73. The predicted molar refractivity (Wildman–Crippen MR) is 58.5 cm³/mol. The largest absolute Gasteiger partial charge is 0.362 e. The smallest absolute Gasteiger partial charge is 0.273 e. The van der Waals surface area contributed by atoms with E-state index in [0.29, 0.717) is 12.8 Å². The molecule has 0 aromatic carbocycles. The van der Waals surface area contributed by atoms with Gasteiger partial charge in [-0.15, -0.1) is 0 Å². The Hall–Kier alpha value is -0.390. The van der Waals surface area contributed by atoms with Crippen LogP contribution in [0.4, 0.5) is 0 Å². The van der Waals surface area contributed by atoms with Crippen LogP contribution in [0.5, 0.6) is 0 Å². The Morgan fingerprint density at radius 3 is 3.00 bits per heavy atom. The highest BCUT2D eigenvalue weighted by atomic mass is 32.2. The van der Waals surface area contributed by atoms with E-state index in [0.717, 1.165) is 12.8 Å². The van der Waals surface area contributed by atoms with E-state index in [2.05, 4.69) is 0 Å². The van der Waals surface area contributed by atoms with Gasteiger partial charge in [0.25, 0.3) is 10.1 Å². The third kappa shape index (κ3) is 1.38. The van der Waals surface area contributed by atoms with E-state index in [4.69, 9.17) is 8.92 Å². The highest BCUT2D eigenvalue weighted by Gasteiger charge is 2.60. The Bertz CT molecular complexity index is 427. The maximum absolute atomic E-state index is 12.0. The molecule has 0 aromatic heterocycles. The zero-order chi connectivity index (χ0) is 11.4. The third-order valence-electron chi connectivity index (χ3n) is 3.73. The summed E-state index contributed by atoms with van der Waals surface area (Å²) in [6.45, 7) is 2.03. The lowest BCUT2D eigenvalue weighted by molar-refractivity contribution is -0.0140. The standard InChI is InChI=1S/C11H16O4S/c1-2-3-9-7-11-5-4-8(14-11)6-10(11)16(12,13)15-9/h4-5,8-10H,2-3,6-7H2,1H3/t8-,9-,10-,11-/m0/s1.